The number of piperidine rings is 1. The van der Waals surface area contributed by atoms with E-state index in [4.69, 9.17) is 9.84 Å². The third-order valence-electron chi connectivity index (χ3n) is 5.30. The van der Waals surface area contributed by atoms with Crippen LogP contribution in [0.2, 0.25) is 0 Å². The summed E-state index contributed by atoms with van der Waals surface area (Å²) >= 11 is 0. The predicted octanol–water partition coefficient (Wildman–Crippen LogP) is 1.48. The first-order valence-corrected chi connectivity index (χ1v) is 9.63. The number of nitrogens with zero attached hydrogens (tertiary/aromatic N) is 4. The summed E-state index contributed by atoms with van der Waals surface area (Å²) in [6.45, 7) is 3.94. The van der Waals surface area contributed by atoms with Crippen molar-refractivity contribution in [1.82, 2.24) is 14.7 Å². The Hall–Kier alpha value is -2.38. The zero-order chi connectivity index (χ0) is 18.6. The standard InChI is InChI=1S/C20H26N4O3/c25-12-10-23-9-7-17(21-23)16-4-3-8-22(14-16)15-20(26)24-11-13-27-19-6-2-1-5-18(19)24/h1-2,5-7,9,16,25H,3-4,8,10-15H2/t16-/m0/s1. The van der Waals surface area contributed by atoms with Gasteiger partial charge in [0.25, 0.3) is 0 Å². The van der Waals surface area contributed by atoms with Gasteiger partial charge in [-0.1, -0.05) is 12.1 Å². The Bertz CT molecular complexity index is 791. The van der Waals surface area contributed by atoms with Crippen molar-refractivity contribution < 1.29 is 14.6 Å². The molecular weight excluding hydrogens is 344 g/mol. The monoisotopic (exact) mass is 370 g/mol. The van der Waals surface area contributed by atoms with E-state index in [1.54, 1.807) is 4.68 Å². The normalized spacial score (nSPS) is 20.2. The number of rotatable bonds is 5. The molecule has 1 aromatic carbocycles. The first-order valence-electron chi connectivity index (χ1n) is 9.63. The number of likely N-dealkylation sites (tertiary alicyclic amines) is 1. The molecule has 1 aromatic heterocycles. The van der Waals surface area contributed by atoms with Gasteiger partial charge in [0.1, 0.15) is 12.4 Å². The third kappa shape index (κ3) is 3.99. The van der Waals surface area contributed by atoms with Gasteiger partial charge in [-0.05, 0) is 37.6 Å². The molecule has 0 bridgehead atoms. The number of carbonyl (C=O) groups excluding carboxylic acids is 1. The summed E-state index contributed by atoms with van der Waals surface area (Å²) in [6.07, 6.45) is 4.06. The molecular formula is C20H26N4O3. The molecule has 0 unspecified atom stereocenters. The summed E-state index contributed by atoms with van der Waals surface area (Å²) in [5, 5.41) is 13.6. The molecule has 144 valence electrons. The van der Waals surface area contributed by atoms with Gasteiger partial charge >= 0.3 is 0 Å². The van der Waals surface area contributed by atoms with Crippen LogP contribution in [0.1, 0.15) is 24.5 Å². The molecule has 7 heteroatoms. The van der Waals surface area contributed by atoms with E-state index >= 15 is 0 Å². The minimum Gasteiger partial charge on any atom is -0.490 e. The molecule has 2 aliphatic heterocycles. The molecule has 0 aliphatic carbocycles. The molecule has 1 amide bonds. The Labute approximate surface area is 159 Å². The summed E-state index contributed by atoms with van der Waals surface area (Å²) < 4.78 is 7.44. The van der Waals surface area contributed by atoms with Crippen LogP contribution in [0, 0.1) is 0 Å². The molecule has 27 heavy (non-hydrogen) atoms. The van der Waals surface area contributed by atoms with Crippen LogP contribution in [0.3, 0.4) is 0 Å². The van der Waals surface area contributed by atoms with E-state index in [1.807, 2.05) is 41.4 Å². The van der Waals surface area contributed by atoms with Crippen molar-refractivity contribution in [2.45, 2.75) is 25.3 Å². The van der Waals surface area contributed by atoms with Crippen LogP contribution >= 0.6 is 0 Å². The first kappa shape index (κ1) is 18.0. The highest BCUT2D eigenvalue weighted by Crippen LogP contribution is 2.31. The summed E-state index contributed by atoms with van der Waals surface area (Å²) in [7, 11) is 0. The Balaban J connectivity index is 1.40. The highest BCUT2D eigenvalue weighted by molar-refractivity contribution is 5.96. The van der Waals surface area contributed by atoms with E-state index in [1.165, 1.54) is 0 Å². The fraction of sp³-hybridized carbons (Fsp3) is 0.500. The molecule has 4 rings (SSSR count). The Morgan fingerprint density at radius 2 is 2.15 bits per heavy atom. The lowest BCUT2D eigenvalue weighted by Gasteiger charge is -2.34. The van der Waals surface area contributed by atoms with Crippen LogP contribution < -0.4 is 9.64 Å². The van der Waals surface area contributed by atoms with Crippen LogP contribution in [-0.4, -0.2) is 65.1 Å². The third-order valence-corrected chi connectivity index (χ3v) is 5.30. The first-order chi connectivity index (χ1) is 13.2. The van der Waals surface area contributed by atoms with Crippen molar-refractivity contribution >= 4 is 11.6 Å². The van der Waals surface area contributed by atoms with Crippen molar-refractivity contribution in [1.29, 1.82) is 0 Å². The lowest BCUT2D eigenvalue weighted by Crippen LogP contribution is -2.46. The maximum atomic E-state index is 12.9. The van der Waals surface area contributed by atoms with Crippen molar-refractivity contribution in [3.8, 4) is 5.75 Å². The zero-order valence-electron chi connectivity index (χ0n) is 15.5. The van der Waals surface area contributed by atoms with Gasteiger partial charge < -0.3 is 14.7 Å². The zero-order valence-corrected chi connectivity index (χ0v) is 15.5. The maximum Gasteiger partial charge on any atom is 0.241 e. The van der Waals surface area contributed by atoms with Crippen LogP contribution in [0.15, 0.2) is 36.5 Å². The van der Waals surface area contributed by atoms with Crippen molar-refractivity contribution in [3.05, 3.63) is 42.2 Å². The van der Waals surface area contributed by atoms with Gasteiger partial charge in [0.15, 0.2) is 0 Å². The van der Waals surface area contributed by atoms with E-state index in [0.717, 1.165) is 43.1 Å². The lowest BCUT2D eigenvalue weighted by molar-refractivity contribution is -0.120. The number of carbonyl (C=O) groups is 1. The summed E-state index contributed by atoms with van der Waals surface area (Å²) in [5.41, 5.74) is 1.92. The number of aliphatic hydroxyl groups excluding tert-OH is 1. The molecule has 3 heterocycles. The SMILES string of the molecule is O=C(CN1CCC[C@H](c2ccn(CCO)n2)C1)N1CCOc2ccccc21. The quantitative estimate of drug-likeness (QED) is 0.863. The predicted molar refractivity (Wildman–Crippen MR) is 102 cm³/mol. The van der Waals surface area contributed by atoms with Crippen molar-refractivity contribution in [2.75, 3.05) is 44.3 Å². The molecule has 1 saturated heterocycles. The summed E-state index contributed by atoms with van der Waals surface area (Å²) in [4.78, 5) is 17.0. The van der Waals surface area contributed by atoms with Gasteiger partial charge in [-0.3, -0.25) is 14.4 Å². The smallest absolute Gasteiger partial charge is 0.241 e. The van der Waals surface area contributed by atoms with E-state index in [0.29, 0.717) is 32.2 Å². The van der Waals surface area contributed by atoms with E-state index < -0.39 is 0 Å². The molecule has 0 radical (unpaired) electrons. The van der Waals surface area contributed by atoms with E-state index in [-0.39, 0.29) is 12.5 Å². The van der Waals surface area contributed by atoms with Gasteiger partial charge in [-0.15, -0.1) is 0 Å². The number of hydrogen-bond donors (Lipinski definition) is 1. The number of para-hydroxylation sites is 2. The highest BCUT2D eigenvalue weighted by Gasteiger charge is 2.28. The fourth-order valence-electron chi connectivity index (χ4n) is 3.97. The van der Waals surface area contributed by atoms with E-state index in [2.05, 4.69) is 10.00 Å². The van der Waals surface area contributed by atoms with Crippen LogP contribution in [0.25, 0.3) is 0 Å². The summed E-state index contributed by atoms with van der Waals surface area (Å²) in [6, 6.07) is 9.75. The molecule has 2 aliphatic rings. The van der Waals surface area contributed by atoms with Gasteiger partial charge in [0.05, 0.1) is 37.6 Å². The van der Waals surface area contributed by atoms with Gasteiger partial charge in [-0.25, -0.2) is 0 Å². The minimum absolute atomic E-state index is 0.0907. The minimum atomic E-state index is 0.0907. The number of hydrogen-bond acceptors (Lipinski definition) is 5. The topological polar surface area (TPSA) is 70.8 Å². The second-order valence-electron chi connectivity index (χ2n) is 7.16. The average Bonchev–Trinajstić information content (AvgIpc) is 3.17. The molecule has 1 N–H and O–H groups in total. The van der Waals surface area contributed by atoms with Crippen LogP contribution in [-0.2, 0) is 11.3 Å². The molecule has 2 aromatic rings. The Morgan fingerprint density at radius 1 is 1.26 bits per heavy atom. The lowest BCUT2D eigenvalue weighted by atomic mass is 9.95. The number of fused-ring (bicyclic) bond motifs is 1. The van der Waals surface area contributed by atoms with Gasteiger partial charge in [0, 0.05) is 18.7 Å². The number of aliphatic hydroxyl groups is 1. The number of anilines is 1. The second kappa shape index (κ2) is 8.10. The Kier molecular flexibility index (Phi) is 5.40. The van der Waals surface area contributed by atoms with E-state index in [9.17, 15) is 4.79 Å². The second-order valence-corrected chi connectivity index (χ2v) is 7.16. The van der Waals surface area contributed by atoms with Crippen LogP contribution in [0.4, 0.5) is 5.69 Å². The van der Waals surface area contributed by atoms with Crippen LogP contribution in [0.5, 0.6) is 5.75 Å². The van der Waals surface area contributed by atoms with Gasteiger partial charge in [0.2, 0.25) is 5.91 Å². The number of aromatic nitrogens is 2. The molecule has 0 saturated carbocycles. The van der Waals surface area contributed by atoms with Gasteiger partial charge in [-0.2, -0.15) is 5.10 Å². The maximum absolute atomic E-state index is 12.9. The number of ether oxygens (including phenoxy) is 1. The highest BCUT2D eigenvalue weighted by atomic mass is 16.5. The fourth-order valence-corrected chi connectivity index (χ4v) is 3.97. The largest absolute Gasteiger partial charge is 0.490 e. The molecule has 1 atom stereocenters. The number of benzene rings is 1. The van der Waals surface area contributed by atoms with Crippen molar-refractivity contribution in [3.63, 3.8) is 0 Å². The number of amides is 1. The van der Waals surface area contributed by atoms with Crippen molar-refractivity contribution in [2.24, 2.45) is 0 Å². The molecule has 1 fully saturated rings. The molecule has 0 spiro atoms. The molecule has 7 nitrogen and oxygen atoms in total. The average molecular weight is 370 g/mol. The Morgan fingerprint density at radius 3 is 3.04 bits per heavy atom. The summed E-state index contributed by atoms with van der Waals surface area (Å²) in [5.74, 6) is 1.24.